The summed E-state index contributed by atoms with van der Waals surface area (Å²) in [6, 6.07) is 10.6. The molecule has 0 atom stereocenters. The Labute approximate surface area is 187 Å². The van der Waals surface area contributed by atoms with Gasteiger partial charge in [0.1, 0.15) is 5.75 Å². The highest BCUT2D eigenvalue weighted by molar-refractivity contribution is 7.99. The van der Waals surface area contributed by atoms with Gasteiger partial charge in [-0.1, -0.05) is 12.1 Å². The molecule has 0 spiro atoms. The molecule has 31 heavy (non-hydrogen) atoms. The summed E-state index contributed by atoms with van der Waals surface area (Å²) < 4.78 is 0. The Bertz CT molecular complexity index is 993. The van der Waals surface area contributed by atoms with Crippen LogP contribution in [0.5, 0.6) is 5.75 Å². The highest BCUT2D eigenvalue weighted by Gasteiger charge is 2.29. The fourth-order valence-corrected chi connectivity index (χ4v) is 5.03. The quantitative estimate of drug-likeness (QED) is 0.739. The number of benzene rings is 1. The molecular formula is C24H27N3O3S. The van der Waals surface area contributed by atoms with Gasteiger partial charge < -0.3 is 14.9 Å². The minimum absolute atomic E-state index is 0.0376. The third-order valence-electron chi connectivity index (χ3n) is 5.82. The average molecular weight is 438 g/mol. The van der Waals surface area contributed by atoms with Crippen LogP contribution in [0.25, 0.3) is 6.08 Å². The second-order valence-corrected chi connectivity index (χ2v) is 9.09. The second-order valence-electron chi connectivity index (χ2n) is 8.02. The summed E-state index contributed by atoms with van der Waals surface area (Å²) in [5.74, 6) is 2.11. The number of phenols is 1. The van der Waals surface area contributed by atoms with Crippen molar-refractivity contribution < 1.29 is 14.7 Å². The first-order valence-electron chi connectivity index (χ1n) is 10.6. The van der Waals surface area contributed by atoms with Crippen molar-refractivity contribution >= 4 is 29.7 Å². The second kappa shape index (κ2) is 9.56. The highest BCUT2D eigenvalue weighted by atomic mass is 32.2. The van der Waals surface area contributed by atoms with E-state index in [0.717, 1.165) is 48.0 Å². The number of hydrogen-bond acceptors (Lipinski definition) is 5. The number of aromatic hydroxyl groups is 1. The summed E-state index contributed by atoms with van der Waals surface area (Å²) in [5, 5.41) is 9.55. The van der Waals surface area contributed by atoms with Crippen molar-refractivity contribution in [2.24, 2.45) is 0 Å². The molecule has 162 valence electrons. The number of carbonyl (C=O) groups is 2. The molecule has 2 amide bonds. The number of hydrogen-bond donors (Lipinski definition) is 1. The van der Waals surface area contributed by atoms with Gasteiger partial charge in [0, 0.05) is 43.1 Å². The van der Waals surface area contributed by atoms with Gasteiger partial charge in [0.15, 0.2) is 0 Å². The highest BCUT2D eigenvalue weighted by Crippen LogP contribution is 2.31. The molecule has 0 aliphatic carbocycles. The number of pyridine rings is 1. The van der Waals surface area contributed by atoms with E-state index in [1.165, 1.54) is 0 Å². The first-order chi connectivity index (χ1) is 15.0. The van der Waals surface area contributed by atoms with Gasteiger partial charge in [-0.3, -0.25) is 14.6 Å². The predicted molar refractivity (Wildman–Crippen MR) is 123 cm³/mol. The Kier molecular flexibility index (Phi) is 6.61. The molecule has 0 radical (unpaired) electrons. The lowest BCUT2D eigenvalue weighted by molar-refractivity contribution is -0.127. The summed E-state index contributed by atoms with van der Waals surface area (Å²) in [5.41, 5.74) is 3.29. The van der Waals surface area contributed by atoms with Crippen molar-refractivity contribution in [3.05, 3.63) is 65.0 Å². The van der Waals surface area contributed by atoms with Gasteiger partial charge in [-0.25, -0.2) is 0 Å². The Balaban J connectivity index is 1.42. The van der Waals surface area contributed by atoms with Gasteiger partial charge in [-0.2, -0.15) is 0 Å². The van der Waals surface area contributed by atoms with Crippen LogP contribution >= 0.6 is 11.8 Å². The Morgan fingerprint density at radius 3 is 2.65 bits per heavy atom. The Hall–Kier alpha value is -2.80. The van der Waals surface area contributed by atoms with Crippen LogP contribution in [0, 0.1) is 6.92 Å². The van der Waals surface area contributed by atoms with Crippen molar-refractivity contribution in [2.75, 3.05) is 31.3 Å². The summed E-state index contributed by atoms with van der Waals surface area (Å²) in [6.07, 6.45) is 4.86. The smallest absolute Gasteiger partial charge is 0.256 e. The third-order valence-corrected chi connectivity index (χ3v) is 6.78. The molecule has 2 aliphatic rings. The topological polar surface area (TPSA) is 73.7 Å². The molecule has 2 fully saturated rings. The standard InChI is InChI=1S/C24H27N3O3S/c1-17-5-7-21(24(30)27-13-14-31-16-27)23(25-17)19-9-11-26(12-10-19)22(29)8-6-18-3-2-4-20(28)15-18/h2-8,15,19,28H,9-14,16H2,1H3/b8-6+. The zero-order chi connectivity index (χ0) is 21.8. The molecule has 0 unspecified atom stereocenters. The lowest BCUT2D eigenvalue weighted by Gasteiger charge is -2.32. The Morgan fingerprint density at radius 2 is 1.94 bits per heavy atom. The van der Waals surface area contributed by atoms with Gasteiger partial charge in [-0.15, -0.1) is 11.8 Å². The minimum atomic E-state index is -0.0376. The van der Waals surface area contributed by atoms with Gasteiger partial charge in [0.05, 0.1) is 17.1 Å². The number of phenolic OH excluding ortho intramolecular Hbond substituents is 1. The molecule has 3 heterocycles. The maximum Gasteiger partial charge on any atom is 0.256 e. The molecule has 2 aromatic rings. The van der Waals surface area contributed by atoms with E-state index >= 15 is 0 Å². The van der Waals surface area contributed by atoms with E-state index < -0.39 is 0 Å². The van der Waals surface area contributed by atoms with Gasteiger partial charge in [0.25, 0.3) is 5.91 Å². The zero-order valence-electron chi connectivity index (χ0n) is 17.7. The van der Waals surface area contributed by atoms with E-state index in [1.54, 1.807) is 42.1 Å². The molecular weight excluding hydrogens is 410 g/mol. The number of piperidine rings is 1. The lowest BCUT2D eigenvalue weighted by Crippen LogP contribution is -2.38. The SMILES string of the molecule is Cc1ccc(C(=O)N2CCSC2)c(C2CCN(C(=O)/C=C/c3cccc(O)c3)CC2)n1. The van der Waals surface area contributed by atoms with E-state index in [9.17, 15) is 14.7 Å². The number of carbonyl (C=O) groups excluding carboxylic acids is 2. The number of aromatic nitrogens is 1. The predicted octanol–water partition coefficient (Wildman–Crippen LogP) is 3.66. The van der Waals surface area contributed by atoms with E-state index in [0.29, 0.717) is 18.7 Å². The van der Waals surface area contributed by atoms with E-state index in [-0.39, 0.29) is 23.5 Å². The van der Waals surface area contributed by atoms with Crippen molar-refractivity contribution in [1.82, 2.24) is 14.8 Å². The molecule has 1 N–H and O–H groups in total. The van der Waals surface area contributed by atoms with Crippen molar-refractivity contribution in [1.29, 1.82) is 0 Å². The van der Waals surface area contributed by atoms with Crippen molar-refractivity contribution in [3.8, 4) is 5.75 Å². The van der Waals surface area contributed by atoms with E-state index in [4.69, 9.17) is 4.98 Å². The van der Waals surface area contributed by atoms with Crippen molar-refractivity contribution in [2.45, 2.75) is 25.7 Å². The summed E-state index contributed by atoms with van der Waals surface area (Å²) in [6.45, 7) is 4.01. The van der Waals surface area contributed by atoms with Gasteiger partial charge in [-0.05, 0) is 55.7 Å². The van der Waals surface area contributed by atoms with Crippen LogP contribution in [0.2, 0.25) is 0 Å². The molecule has 1 aromatic heterocycles. The average Bonchev–Trinajstić information content (AvgIpc) is 3.32. The largest absolute Gasteiger partial charge is 0.508 e. The normalized spacial score (nSPS) is 17.5. The van der Waals surface area contributed by atoms with Crippen LogP contribution in [0.15, 0.2) is 42.5 Å². The molecule has 0 bridgehead atoms. The van der Waals surface area contributed by atoms with Crippen LogP contribution in [-0.4, -0.2) is 63.0 Å². The number of rotatable bonds is 4. The minimum Gasteiger partial charge on any atom is -0.508 e. The van der Waals surface area contributed by atoms with Crippen molar-refractivity contribution in [3.63, 3.8) is 0 Å². The van der Waals surface area contributed by atoms with Gasteiger partial charge in [0.2, 0.25) is 5.91 Å². The first kappa shape index (κ1) is 21.4. The molecule has 1 aromatic carbocycles. The summed E-state index contributed by atoms with van der Waals surface area (Å²) in [4.78, 5) is 34.1. The molecule has 2 saturated heterocycles. The fourth-order valence-electron chi connectivity index (χ4n) is 4.09. The maximum absolute atomic E-state index is 13.0. The van der Waals surface area contributed by atoms with E-state index in [2.05, 4.69) is 0 Å². The van der Waals surface area contributed by atoms with E-state index in [1.807, 2.05) is 34.9 Å². The van der Waals surface area contributed by atoms with Gasteiger partial charge >= 0.3 is 0 Å². The number of amides is 2. The summed E-state index contributed by atoms with van der Waals surface area (Å²) in [7, 11) is 0. The molecule has 7 heteroatoms. The molecule has 2 aliphatic heterocycles. The van der Waals surface area contributed by atoms with Crippen LogP contribution in [0.4, 0.5) is 0 Å². The molecule has 6 nitrogen and oxygen atoms in total. The number of aryl methyl sites for hydroxylation is 1. The number of nitrogens with zero attached hydrogens (tertiary/aromatic N) is 3. The third kappa shape index (κ3) is 5.10. The first-order valence-corrected chi connectivity index (χ1v) is 11.8. The van der Waals surface area contributed by atoms with Crippen LogP contribution in [0.1, 0.15) is 46.1 Å². The summed E-state index contributed by atoms with van der Waals surface area (Å²) >= 11 is 1.78. The monoisotopic (exact) mass is 437 g/mol. The zero-order valence-corrected chi connectivity index (χ0v) is 18.5. The number of thioether (sulfide) groups is 1. The van der Waals surface area contributed by atoms with Crippen LogP contribution < -0.4 is 0 Å². The maximum atomic E-state index is 13.0. The number of likely N-dealkylation sites (tertiary alicyclic amines) is 1. The fraction of sp³-hybridized carbons (Fsp3) is 0.375. The lowest BCUT2D eigenvalue weighted by atomic mass is 9.89. The van der Waals surface area contributed by atoms with Crippen LogP contribution in [0.3, 0.4) is 0 Å². The molecule has 4 rings (SSSR count). The van der Waals surface area contributed by atoms with Crippen LogP contribution in [-0.2, 0) is 4.79 Å². The Morgan fingerprint density at radius 1 is 1.13 bits per heavy atom. The molecule has 0 saturated carbocycles.